The van der Waals surface area contributed by atoms with Gasteiger partial charge in [0, 0.05) is 24.8 Å². The third-order valence-electron chi connectivity index (χ3n) is 7.09. The van der Waals surface area contributed by atoms with E-state index in [9.17, 15) is 4.79 Å². The Balaban J connectivity index is 1.32. The lowest BCUT2D eigenvalue weighted by atomic mass is 9.82. The highest BCUT2D eigenvalue weighted by Gasteiger charge is 2.38. The SMILES string of the molecule is CC[C@@H]1C[C@H](NC(=O)CCC2CCC2)C[C@@H]1c1nnc2cnc3c(n12)C=CC3. The third kappa shape index (κ3) is 3.12. The molecule has 0 bridgehead atoms. The molecule has 1 amide bonds. The summed E-state index contributed by atoms with van der Waals surface area (Å²) in [6.45, 7) is 2.24. The maximum atomic E-state index is 12.4. The fraction of sp³-hybridized carbons (Fsp3) is 0.636. The summed E-state index contributed by atoms with van der Waals surface area (Å²) in [4.78, 5) is 17.0. The fourth-order valence-corrected chi connectivity index (χ4v) is 5.25. The van der Waals surface area contributed by atoms with Crippen molar-refractivity contribution in [2.75, 3.05) is 0 Å². The van der Waals surface area contributed by atoms with Crippen molar-refractivity contribution in [2.24, 2.45) is 11.8 Å². The molecule has 0 spiro atoms. The van der Waals surface area contributed by atoms with Crippen LogP contribution >= 0.6 is 0 Å². The minimum atomic E-state index is 0.228. The van der Waals surface area contributed by atoms with Gasteiger partial charge in [-0.1, -0.05) is 38.7 Å². The average Bonchev–Trinajstić information content (AvgIpc) is 3.36. The molecule has 2 heterocycles. The van der Waals surface area contributed by atoms with Gasteiger partial charge in [-0.3, -0.25) is 14.2 Å². The van der Waals surface area contributed by atoms with Crippen LogP contribution in [0.3, 0.4) is 0 Å². The Morgan fingerprint density at radius 2 is 2.18 bits per heavy atom. The number of nitrogens with one attached hydrogen (secondary N) is 1. The second-order valence-electron chi connectivity index (χ2n) is 8.79. The highest BCUT2D eigenvalue weighted by molar-refractivity contribution is 5.76. The number of aromatic nitrogens is 4. The molecule has 6 heteroatoms. The van der Waals surface area contributed by atoms with Crippen LogP contribution in [-0.4, -0.2) is 31.5 Å². The molecule has 1 N–H and O–H groups in total. The first kappa shape index (κ1) is 17.8. The van der Waals surface area contributed by atoms with Gasteiger partial charge in [-0.2, -0.15) is 0 Å². The quantitative estimate of drug-likeness (QED) is 0.831. The minimum Gasteiger partial charge on any atom is -0.353 e. The molecule has 0 radical (unpaired) electrons. The van der Waals surface area contributed by atoms with Crippen LogP contribution in [0.1, 0.15) is 81.4 Å². The van der Waals surface area contributed by atoms with Crippen LogP contribution in [0.2, 0.25) is 0 Å². The number of nitrogens with zero attached hydrogens (tertiary/aromatic N) is 4. The van der Waals surface area contributed by atoms with Gasteiger partial charge in [0.2, 0.25) is 5.91 Å². The van der Waals surface area contributed by atoms with Crippen LogP contribution in [0.4, 0.5) is 0 Å². The Hall–Kier alpha value is -2.24. The zero-order chi connectivity index (χ0) is 19.1. The molecule has 2 saturated carbocycles. The molecular weight excluding hydrogens is 350 g/mol. The highest BCUT2D eigenvalue weighted by Crippen LogP contribution is 2.41. The monoisotopic (exact) mass is 379 g/mol. The summed E-state index contributed by atoms with van der Waals surface area (Å²) in [6.07, 6.45) is 15.8. The van der Waals surface area contributed by atoms with E-state index in [-0.39, 0.29) is 11.9 Å². The first-order valence-electron chi connectivity index (χ1n) is 10.9. The molecule has 3 atom stereocenters. The Bertz CT molecular complexity index is 913. The van der Waals surface area contributed by atoms with Crippen LogP contribution in [0.15, 0.2) is 12.3 Å². The lowest BCUT2D eigenvalue weighted by molar-refractivity contribution is -0.122. The highest BCUT2D eigenvalue weighted by atomic mass is 16.1. The number of hydrogen-bond acceptors (Lipinski definition) is 4. The van der Waals surface area contributed by atoms with E-state index in [1.165, 1.54) is 19.3 Å². The molecule has 0 aliphatic heterocycles. The largest absolute Gasteiger partial charge is 0.353 e. The van der Waals surface area contributed by atoms with E-state index in [1.54, 1.807) is 0 Å². The number of amides is 1. The lowest BCUT2D eigenvalue weighted by Gasteiger charge is -2.25. The van der Waals surface area contributed by atoms with Gasteiger partial charge in [-0.15, -0.1) is 10.2 Å². The maximum absolute atomic E-state index is 12.4. The predicted octanol–water partition coefficient (Wildman–Crippen LogP) is 3.66. The summed E-state index contributed by atoms with van der Waals surface area (Å²) in [5.41, 5.74) is 3.05. The van der Waals surface area contributed by atoms with E-state index >= 15 is 0 Å². The molecule has 0 unspecified atom stereocenters. The van der Waals surface area contributed by atoms with Crippen molar-refractivity contribution in [3.8, 4) is 0 Å². The van der Waals surface area contributed by atoms with E-state index in [1.807, 2.05) is 6.20 Å². The molecule has 0 saturated heterocycles. The summed E-state index contributed by atoms with van der Waals surface area (Å²) >= 11 is 0. The van der Waals surface area contributed by atoms with Crippen molar-refractivity contribution >= 4 is 17.6 Å². The van der Waals surface area contributed by atoms with Crippen LogP contribution in [0.25, 0.3) is 11.7 Å². The van der Waals surface area contributed by atoms with Gasteiger partial charge in [0.1, 0.15) is 5.82 Å². The third-order valence-corrected chi connectivity index (χ3v) is 7.09. The van der Waals surface area contributed by atoms with Crippen molar-refractivity contribution in [3.63, 3.8) is 0 Å². The van der Waals surface area contributed by atoms with Gasteiger partial charge in [-0.05, 0) is 37.2 Å². The fourth-order valence-electron chi connectivity index (χ4n) is 5.25. The van der Waals surface area contributed by atoms with Crippen molar-refractivity contribution < 1.29 is 4.79 Å². The van der Waals surface area contributed by atoms with Crippen LogP contribution < -0.4 is 5.32 Å². The van der Waals surface area contributed by atoms with Crippen molar-refractivity contribution in [2.45, 2.75) is 76.7 Å². The molecule has 28 heavy (non-hydrogen) atoms. The number of hydrogen-bond donors (Lipinski definition) is 1. The zero-order valence-electron chi connectivity index (χ0n) is 16.6. The summed E-state index contributed by atoms with van der Waals surface area (Å²) in [6, 6.07) is 0.251. The standard InChI is InChI=1S/C22H29N5O/c1-2-15-11-16(24-21(28)10-9-14-5-3-6-14)12-17(15)22-26-25-20-13-23-18-7-4-8-19(18)27(20)22/h4,8,13-17H,2-3,5-7,9-12H2,1H3,(H,24,28)/t15-,16+,17+/m1/s1. The lowest BCUT2D eigenvalue weighted by Crippen LogP contribution is -2.33. The van der Waals surface area contributed by atoms with Crippen LogP contribution in [0.5, 0.6) is 0 Å². The van der Waals surface area contributed by atoms with Gasteiger partial charge < -0.3 is 5.32 Å². The number of allylic oxidation sites excluding steroid dienone is 1. The van der Waals surface area contributed by atoms with Crippen LogP contribution in [-0.2, 0) is 11.2 Å². The molecule has 2 fully saturated rings. The summed E-state index contributed by atoms with van der Waals surface area (Å²) in [5, 5.41) is 12.3. The minimum absolute atomic E-state index is 0.228. The first-order valence-corrected chi connectivity index (χ1v) is 10.9. The average molecular weight is 380 g/mol. The molecule has 3 aliphatic carbocycles. The van der Waals surface area contributed by atoms with Crippen LogP contribution in [0, 0.1) is 11.8 Å². The molecule has 2 aromatic heterocycles. The molecule has 148 valence electrons. The zero-order valence-corrected chi connectivity index (χ0v) is 16.6. The summed E-state index contributed by atoms with van der Waals surface area (Å²) < 4.78 is 2.19. The van der Waals surface area contributed by atoms with E-state index in [0.29, 0.717) is 18.3 Å². The summed E-state index contributed by atoms with van der Waals surface area (Å²) in [7, 11) is 0. The number of carbonyl (C=O) groups excluding carboxylic acids is 1. The van der Waals surface area contributed by atoms with E-state index in [4.69, 9.17) is 0 Å². The normalized spacial score (nSPS) is 26.5. The van der Waals surface area contributed by atoms with E-state index in [0.717, 1.165) is 60.9 Å². The Labute approximate surface area is 165 Å². The summed E-state index contributed by atoms with van der Waals surface area (Å²) in [5.74, 6) is 2.91. The maximum Gasteiger partial charge on any atom is 0.220 e. The molecule has 0 aromatic carbocycles. The van der Waals surface area contributed by atoms with Gasteiger partial charge >= 0.3 is 0 Å². The Morgan fingerprint density at radius 3 is 2.96 bits per heavy atom. The van der Waals surface area contributed by atoms with Gasteiger partial charge in [-0.25, -0.2) is 0 Å². The second-order valence-corrected chi connectivity index (χ2v) is 8.79. The van der Waals surface area contributed by atoms with Crippen molar-refractivity contribution in [1.29, 1.82) is 0 Å². The van der Waals surface area contributed by atoms with Gasteiger partial charge in [0.15, 0.2) is 5.65 Å². The molecular formula is C22H29N5O. The van der Waals surface area contributed by atoms with Gasteiger partial charge in [0.05, 0.1) is 17.6 Å². The molecule has 6 nitrogen and oxygen atoms in total. The Morgan fingerprint density at radius 1 is 1.29 bits per heavy atom. The number of fused-ring (bicyclic) bond motifs is 3. The Kier molecular flexibility index (Phi) is 4.65. The topological polar surface area (TPSA) is 72.2 Å². The van der Waals surface area contributed by atoms with Crippen molar-refractivity contribution in [1.82, 2.24) is 24.9 Å². The number of rotatable bonds is 6. The van der Waals surface area contributed by atoms with E-state index in [2.05, 4.69) is 44.0 Å². The second kappa shape index (κ2) is 7.30. The molecule has 2 aromatic rings. The predicted molar refractivity (Wildman–Crippen MR) is 108 cm³/mol. The first-order chi connectivity index (χ1) is 13.7. The molecule has 3 aliphatic rings. The van der Waals surface area contributed by atoms with E-state index < -0.39 is 0 Å². The van der Waals surface area contributed by atoms with Crippen molar-refractivity contribution in [3.05, 3.63) is 29.5 Å². The molecule has 5 rings (SSSR count). The van der Waals surface area contributed by atoms with Gasteiger partial charge in [0.25, 0.3) is 0 Å². The number of carbonyl (C=O) groups is 1. The smallest absolute Gasteiger partial charge is 0.220 e.